The van der Waals surface area contributed by atoms with Crippen molar-refractivity contribution in [3.05, 3.63) is 64.7 Å². The van der Waals surface area contributed by atoms with Gasteiger partial charge in [-0.15, -0.1) is 5.10 Å². The molecule has 1 fully saturated rings. The van der Waals surface area contributed by atoms with Gasteiger partial charge in [-0.1, -0.05) is 29.5 Å². The largest absolute Gasteiger partial charge is 0.376 e. The van der Waals surface area contributed by atoms with Gasteiger partial charge in [0.05, 0.1) is 29.1 Å². The molecule has 0 radical (unpaired) electrons. The van der Waals surface area contributed by atoms with Crippen molar-refractivity contribution in [2.24, 2.45) is 0 Å². The van der Waals surface area contributed by atoms with Crippen LogP contribution in [0.2, 0.25) is 0 Å². The van der Waals surface area contributed by atoms with E-state index in [1.165, 1.54) is 0 Å². The highest BCUT2D eigenvalue weighted by atomic mass is 16.5. The van der Waals surface area contributed by atoms with E-state index in [0.717, 1.165) is 23.9 Å². The zero-order valence-corrected chi connectivity index (χ0v) is 16.9. The minimum absolute atomic E-state index is 0.0244. The Hall–Kier alpha value is -3.59. The number of nitrogens with zero attached hydrogens (tertiary/aromatic N) is 5. The summed E-state index contributed by atoms with van der Waals surface area (Å²) in [6.45, 7) is 1.36. The molecule has 158 valence electrons. The van der Waals surface area contributed by atoms with E-state index < -0.39 is 0 Å². The molecular formula is C22H22N6O3. The molecule has 0 unspecified atom stereocenters. The van der Waals surface area contributed by atoms with Crippen molar-refractivity contribution < 1.29 is 9.53 Å². The average molecular weight is 418 g/mol. The lowest BCUT2D eigenvalue weighted by atomic mass is 10.2. The van der Waals surface area contributed by atoms with Crippen molar-refractivity contribution in [1.82, 2.24) is 29.9 Å². The number of ether oxygens (including phenoxy) is 1. The van der Waals surface area contributed by atoms with Gasteiger partial charge >= 0.3 is 0 Å². The van der Waals surface area contributed by atoms with Gasteiger partial charge in [-0.2, -0.15) is 0 Å². The standard InChI is InChI=1S/C22H22N6O3/c29-21(14-28-19-10-4-3-9-18(19)25-26-28)27(12-15-6-5-11-31-15)13-20-23-17-8-2-1-7-16(17)22(30)24-20/h1-4,7-10,15H,5-6,11-14H2,(H,23,24,30)/t15-/m0/s1. The van der Waals surface area contributed by atoms with Gasteiger partial charge in [-0.3, -0.25) is 9.59 Å². The summed E-state index contributed by atoms with van der Waals surface area (Å²) < 4.78 is 7.34. The number of amides is 1. The molecule has 1 aliphatic heterocycles. The summed E-state index contributed by atoms with van der Waals surface area (Å²) >= 11 is 0. The van der Waals surface area contributed by atoms with Crippen molar-refractivity contribution in [2.75, 3.05) is 13.2 Å². The number of H-pyrrole nitrogens is 1. The van der Waals surface area contributed by atoms with Crippen molar-refractivity contribution in [3.8, 4) is 0 Å². The summed E-state index contributed by atoms with van der Waals surface area (Å²) in [5, 5.41) is 8.77. The van der Waals surface area contributed by atoms with Crippen LogP contribution < -0.4 is 5.56 Å². The lowest BCUT2D eigenvalue weighted by molar-refractivity contribution is -0.134. The lowest BCUT2D eigenvalue weighted by Gasteiger charge is -2.25. The summed E-state index contributed by atoms with van der Waals surface area (Å²) in [6.07, 6.45) is 1.85. The average Bonchev–Trinajstić information content (AvgIpc) is 3.44. The summed E-state index contributed by atoms with van der Waals surface area (Å²) in [6, 6.07) is 14.7. The molecule has 5 rings (SSSR count). The molecule has 31 heavy (non-hydrogen) atoms. The van der Waals surface area contributed by atoms with E-state index >= 15 is 0 Å². The fourth-order valence-electron chi connectivity index (χ4n) is 3.94. The van der Waals surface area contributed by atoms with Crippen LogP contribution in [-0.2, 0) is 22.6 Å². The summed E-state index contributed by atoms with van der Waals surface area (Å²) in [5.74, 6) is 0.306. The fourth-order valence-corrected chi connectivity index (χ4v) is 3.94. The van der Waals surface area contributed by atoms with Crippen LogP contribution in [0.1, 0.15) is 18.7 Å². The third kappa shape index (κ3) is 4.04. The Labute approximate surface area is 177 Å². The van der Waals surface area contributed by atoms with Gasteiger partial charge in [0.1, 0.15) is 17.9 Å². The molecule has 4 aromatic rings. The molecule has 1 N–H and O–H groups in total. The smallest absolute Gasteiger partial charge is 0.258 e. The van der Waals surface area contributed by atoms with Crippen LogP contribution in [0.5, 0.6) is 0 Å². The lowest BCUT2D eigenvalue weighted by Crippen LogP contribution is -2.39. The van der Waals surface area contributed by atoms with E-state index in [1.54, 1.807) is 27.8 Å². The first-order valence-corrected chi connectivity index (χ1v) is 10.3. The second-order valence-corrected chi connectivity index (χ2v) is 7.67. The molecule has 2 aromatic heterocycles. The monoisotopic (exact) mass is 418 g/mol. The number of carbonyl (C=O) groups excluding carboxylic acids is 1. The number of fused-ring (bicyclic) bond motifs is 2. The van der Waals surface area contributed by atoms with E-state index in [9.17, 15) is 9.59 Å². The molecule has 0 saturated carbocycles. The van der Waals surface area contributed by atoms with Gasteiger partial charge in [-0.25, -0.2) is 9.67 Å². The van der Waals surface area contributed by atoms with Gasteiger partial charge < -0.3 is 14.6 Å². The number of nitrogens with one attached hydrogen (secondary N) is 1. The van der Waals surface area contributed by atoms with Crippen LogP contribution in [0.3, 0.4) is 0 Å². The molecule has 1 aliphatic rings. The molecule has 0 bridgehead atoms. The Morgan fingerprint density at radius 2 is 1.97 bits per heavy atom. The number of hydrogen-bond acceptors (Lipinski definition) is 6. The molecule has 9 nitrogen and oxygen atoms in total. The van der Waals surface area contributed by atoms with Crippen LogP contribution in [-0.4, -0.2) is 55.0 Å². The predicted molar refractivity (Wildman–Crippen MR) is 114 cm³/mol. The van der Waals surface area contributed by atoms with Gasteiger partial charge in [0.25, 0.3) is 5.56 Å². The summed E-state index contributed by atoms with van der Waals surface area (Å²) in [5.41, 5.74) is 1.92. The molecule has 2 aromatic carbocycles. The Morgan fingerprint density at radius 1 is 1.16 bits per heavy atom. The minimum atomic E-state index is -0.215. The highest BCUT2D eigenvalue weighted by molar-refractivity contribution is 5.80. The molecule has 1 amide bonds. The highest BCUT2D eigenvalue weighted by Gasteiger charge is 2.24. The highest BCUT2D eigenvalue weighted by Crippen LogP contribution is 2.16. The first-order valence-electron chi connectivity index (χ1n) is 10.3. The molecule has 3 heterocycles. The molecule has 0 aliphatic carbocycles. The van der Waals surface area contributed by atoms with Crippen LogP contribution in [0.4, 0.5) is 0 Å². The van der Waals surface area contributed by atoms with E-state index in [2.05, 4.69) is 20.3 Å². The molecule has 0 spiro atoms. The number of aromatic nitrogens is 5. The zero-order valence-electron chi connectivity index (χ0n) is 16.9. The zero-order chi connectivity index (χ0) is 21.2. The number of para-hydroxylation sites is 2. The number of rotatable bonds is 6. The van der Waals surface area contributed by atoms with E-state index in [1.807, 2.05) is 30.3 Å². The maximum Gasteiger partial charge on any atom is 0.258 e. The van der Waals surface area contributed by atoms with Crippen LogP contribution in [0.15, 0.2) is 53.3 Å². The van der Waals surface area contributed by atoms with E-state index in [-0.39, 0.29) is 30.7 Å². The SMILES string of the molecule is O=C(Cn1nnc2ccccc21)N(Cc1nc2ccccc2c(=O)[nH]1)C[C@@H]1CCCO1. The third-order valence-corrected chi connectivity index (χ3v) is 5.51. The first-order chi connectivity index (χ1) is 15.2. The predicted octanol–water partition coefficient (Wildman–Crippen LogP) is 1.88. The Balaban J connectivity index is 1.42. The Bertz CT molecular complexity index is 1290. The minimum Gasteiger partial charge on any atom is -0.376 e. The van der Waals surface area contributed by atoms with E-state index in [4.69, 9.17) is 4.74 Å². The Kier molecular flexibility index (Phi) is 5.17. The molecular weight excluding hydrogens is 396 g/mol. The number of hydrogen-bond donors (Lipinski definition) is 1. The maximum atomic E-state index is 13.3. The van der Waals surface area contributed by atoms with E-state index in [0.29, 0.717) is 29.9 Å². The fraction of sp³-hybridized carbons (Fsp3) is 0.318. The van der Waals surface area contributed by atoms with Gasteiger partial charge in [0.2, 0.25) is 5.91 Å². The first kappa shape index (κ1) is 19.4. The number of carbonyl (C=O) groups is 1. The van der Waals surface area contributed by atoms with Crippen LogP contribution >= 0.6 is 0 Å². The van der Waals surface area contributed by atoms with Crippen LogP contribution in [0, 0.1) is 0 Å². The van der Waals surface area contributed by atoms with Gasteiger partial charge in [-0.05, 0) is 37.1 Å². The second kappa shape index (κ2) is 8.27. The third-order valence-electron chi connectivity index (χ3n) is 5.51. The Morgan fingerprint density at radius 3 is 2.81 bits per heavy atom. The molecule has 9 heteroatoms. The van der Waals surface area contributed by atoms with Crippen molar-refractivity contribution >= 4 is 27.8 Å². The number of benzene rings is 2. The normalized spacial score (nSPS) is 16.2. The van der Waals surface area contributed by atoms with Gasteiger partial charge in [0.15, 0.2) is 0 Å². The van der Waals surface area contributed by atoms with Crippen molar-refractivity contribution in [3.63, 3.8) is 0 Å². The maximum absolute atomic E-state index is 13.3. The van der Waals surface area contributed by atoms with Crippen molar-refractivity contribution in [1.29, 1.82) is 0 Å². The van der Waals surface area contributed by atoms with Gasteiger partial charge in [0, 0.05) is 13.2 Å². The molecule has 1 atom stereocenters. The molecule has 1 saturated heterocycles. The quantitative estimate of drug-likeness (QED) is 0.512. The van der Waals surface area contributed by atoms with Crippen LogP contribution in [0.25, 0.3) is 21.9 Å². The summed E-state index contributed by atoms with van der Waals surface area (Å²) in [4.78, 5) is 34.8. The topological polar surface area (TPSA) is 106 Å². The second-order valence-electron chi connectivity index (χ2n) is 7.67. The summed E-state index contributed by atoms with van der Waals surface area (Å²) in [7, 11) is 0. The van der Waals surface area contributed by atoms with Crippen molar-refractivity contribution in [2.45, 2.75) is 32.0 Å². The number of aromatic amines is 1.